The second kappa shape index (κ2) is 10.6. The smallest absolute Gasteiger partial charge is 0.0183 e. The van der Waals surface area contributed by atoms with Crippen molar-refractivity contribution in [2.24, 2.45) is 5.41 Å². The number of benzene rings is 2. The Bertz CT molecular complexity index is 645. The molecular formula is C26H40. The molecule has 0 bridgehead atoms. The Kier molecular flexibility index (Phi) is 9.13. The second-order valence-electron chi connectivity index (χ2n) is 9.07. The van der Waals surface area contributed by atoms with Crippen LogP contribution in [0.15, 0.2) is 48.5 Å². The van der Waals surface area contributed by atoms with Crippen LogP contribution in [0, 0.1) is 19.3 Å². The predicted octanol–water partition coefficient (Wildman–Crippen LogP) is 8.43. The monoisotopic (exact) mass is 352 g/mol. The molecule has 2 rings (SSSR count). The van der Waals surface area contributed by atoms with Gasteiger partial charge in [-0.2, -0.15) is 0 Å². The minimum absolute atomic E-state index is 0.418. The van der Waals surface area contributed by atoms with Crippen molar-refractivity contribution < 1.29 is 0 Å². The first-order chi connectivity index (χ1) is 12.2. The Morgan fingerprint density at radius 2 is 1.15 bits per heavy atom. The summed E-state index contributed by atoms with van der Waals surface area (Å²) < 4.78 is 0. The zero-order valence-corrected chi connectivity index (χ0v) is 18.4. The van der Waals surface area contributed by atoms with Crippen LogP contribution in [0.1, 0.15) is 94.9 Å². The van der Waals surface area contributed by atoms with Crippen LogP contribution in [-0.2, 0) is 0 Å². The SMILES string of the molecule is CCCC(C)c1ccccc1C.Cc1ccccc1C(C)CC(C)(C)C. The van der Waals surface area contributed by atoms with Crippen LogP contribution in [0.25, 0.3) is 0 Å². The quantitative estimate of drug-likeness (QED) is 0.506. The van der Waals surface area contributed by atoms with Crippen LogP contribution >= 0.6 is 0 Å². The Balaban J connectivity index is 0.000000263. The molecule has 2 aromatic rings. The Morgan fingerprint density at radius 1 is 0.731 bits per heavy atom. The van der Waals surface area contributed by atoms with Crippen LogP contribution < -0.4 is 0 Å². The summed E-state index contributed by atoms with van der Waals surface area (Å²) in [7, 11) is 0. The first kappa shape index (κ1) is 22.5. The normalized spacial score (nSPS) is 13.5. The largest absolute Gasteiger partial charge is 0.0654 e. The van der Waals surface area contributed by atoms with Crippen LogP contribution in [-0.4, -0.2) is 0 Å². The third-order valence-corrected chi connectivity index (χ3v) is 5.08. The average molecular weight is 353 g/mol. The van der Waals surface area contributed by atoms with Gasteiger partial charge in [-0.15, -0.1) is 0 Å². The maximum Gasteiger partial charge on any atom is -0.0183 e. The Labute approximate surface area is 163 Å². The Morgan fingerprint density at radius 3 is 1.54 bits per heavy atom. The molecular weight excluding hydrogens is 312 g/mol. The van der Waals surface area contributed by atoms with Crippen molar-refractivity contribution >= 4 is 0 Å². The minimum atomic E-state index is 0.418. The summed E-state index contributed by atoms with van der Waals surface area (Å²) in [6.45, 7) is 18.2. The van der Waals surface area contributed by atoms with Gasteiger partial charge in [-0.05, 0) is 66.2 Å². The molecule has 0 aliphatic rings. The predicted molar refractivity (Wildman–Crippen MR) is 118 cm³/mol. The van der Waals surface area contributed by atoms with E-state index in [1.165, 1.54) is 41.5 Å². The number of hydrogen-bond acceptors (Lipinski definition) is 0. The molecule has 2 aromatic carbocycles. The molecule has 0 amide bonds. The molecule has 144 valence electrons. The molecule has 0 aliphatic carbocycles. The van der Waals surface area contributed by atoms with Crippen LogP contribution in [0.5, 0.6) is 0 Å². The maximum absolute atomic E-state index is 2.33. The summed E-state index contributed by atoms with van der Waals surface area (Å²) >= 11 is 0. The van der Waals surface area contributed by atoms with Crippen molar-refractivity contribution in [3.63, 3.8) is 0 Å². The van der Waals surface area contributed by atoms with E-state index in [0.29, 0.717) is 11.3 Å². The average Bonchev–Trinajstić information content (AvgIpc) is 2.55. The molecule has 0 saturated carbocycles. The van der Waals surface area contributed by atoms with Gasteiger partial charge < -0.3 is 0 Å². The number of aryl methyl sites for hydroxylation is 2. The number of hydrogen-bond donors (Lipinski definition) is 0. The summed E-state index contributed by atoms with van der Waals surface area (Å²) in [5.74, 6) is 1.38. The van der Waals surface area contributed by atoms with Gasteiger partial charge in [-0.25, -0.2) is 0 Å². The zero-order valence-electron chi connectivity index (χ0n) is 18.4. The molecule has 0 aromatic heterocycles. The van der Waals surface area contributed by atoms with Crippen molar-refractivity contribution in [3.05, 3.63) is 70.8 Å². The second-order valence-corrected chi connectivity index (χ2v) is 9.07. The van der Waals surface area contributed by atoms with E-state index in [9.17, 15) is 0 Å². The van der Waals surface area contributed by atoms with E-state index in [4.69, 9.17) is 0 Å². The molecule has 0 fully saturated rings. The van der Waals surface area contributed by atoms with Crippen LogP contribution in [0.3, 0.4) is 0 Å². The Hall–Kier alpha value is -1.56. The van der Waals surface area contributed by atoms with E-state index < -0.39 is 0 Å². The van der Waals surface area contributed by atoms with Gasteiger partial charge in [0.1, 0.15) is 0 Å². The highest BCUT2D eigenvalue weighted by Crippen LogP contribution is 2.31. The first-order valence-corrected chi connectivity index (χ1v) is 10.3. The summed E-state index contributed by atoms with van der Waals surface area (Å²) in [6, 6.07) is 17.4. The molecule has 2 atom stereocenters. The fourth-order valence-electron chi connectivity index (χ4n) is 3.90. The molecule has 0 heterocycles. The van der Waals surface area contributed by atoms with E-state index in [2.05, 4.69) is 104 Å². The van der Waals surface area contributed by atoms with E-state index in [-0.39, 0.29) is 0 Å². The van der Waals surface area contributed by atoms with Crippen molar-refractivity contribution in [3.8, 4) is 0 Å². The maximum atomic E-state index is 2.33. The zero-order chi connectivity index (χ0) is 19.7. The molecule has 2 unspecified atom stereocenters. The molecule has 0 saturated heterocycles. The lowest BCUT2D eigenvalue weighted by Gasteiger charge is -2.24. The van der Waals surface area contributed by atoms with Gasteiger partial charge in [0.2, 0.25) is 0 Å². The van der Waals surface area contributed by atoms with Gasteiger partial charge in [-0.3, -0.25) is 0 Å². The van der Waals surface area contributed by atoms with E-state index in [1.54, 1.807) is 0 Å². The third-order valence-electron chi connectivity index (χ3n) is 5.08. The number of rotatable bonds is 5. The summed E-state index contributed by atoms with van der Waals surface area (Å²) in [5, 5.41) is 0. The fraction of sp³-hybridized carbons (Fsp3) is 0.538. The van der Waals surface area contributed by atoms with Crippen molar-refractivity contribution in [2.75, 3.05) is 0 Å². The molecule has 0 N–H and O–H groups in total. The third kappa shape index (κ3) is 7.77. The van der Waals surface area contributed by atoms with E-state index >= 15 is 0 Å². The summed E-state index contributed by atoms with van der Waals surface area (Å²) in [5.41, 5.74) is 6.28. The van der Waals surface area contributed by atoms with E-state index in [0.717, 1.165) is 5.92 Å². The summed E-state index contributed by atoms with van der Waals surface area (Å²) in [4.78, 5) is 0. The lowest BCUT2D eigenvalue weighted by Crippen LogP contribution is -2.10. The lowest BCUT2D eigenvalue weighted by molar-refractivity contribution is 0.348. The van der Waals surface area contributed by atoms with Gasteiger partial charge in [0.05, 0.1) is 0 Å². The lowest BCUT2D eigenvalue weighted by atomic mass is 9.81. The standard InChI is InChI=1S/C14H22.C12H18/c1-11-8-6-7-9-13(11)12(2)10-14(3,4)5;1-4-7-10(2)12-9-6-5-8-11(12)3/h6-9,12H,10H2,1-5H3;5-6,8-10H,4,7H2,1-3H3. The molecule has 0 heteroatoms. The van der Waals surface area contributed by atoms with Crippen LogP contribution in [0.4, 0.5) is 0 Å². The molecule has 0 nitrogen and oxygen atoms in total. The van der Waals surface area contributed by atoms with Crippen molar-refractivity contribution in [1.82, 2.24) is 0 Å². The van der Waals surface area contributed by atoms with E-state index in [1.807, 2.05) is 0 Å². The van der Waals surface area contributed by atoms with Crippen molar-refractivity contribution in [2.45, 2.75) is 86.5 Å². The van der Waals surface area contributed by atoms with Gasteiger partial charge >= 0.3 is 0 Å². The van der Waals surface area contributed by atoms with Gasteiger partial charge in [0.15, 0.2) is 0 Å². The fourth-order valence-corrected chi connectivity index (χ4v) is 3.90. The van der Waals surface area contributed by atoms with Gasteiger partial charge in [-0.1, -0.05) is 96.5 Å². The summed E-state index contributed by atoms with van der Waals surface area (Å²) in [6.07, 6.45) is 3.82. The first-order valence-electron chi connectivity index (χ1n) is 10.3. The highest BCUT2D eigenvalue weighted by Gasteiger charge is 2.17. The topological polar surface area (TPSA) is 0 Å². The van der Waals surface area contributed by atoms with Gasteiger partial charge in [0.25, 0.3) is 0 Å². The van der Waals surface area contributed by atoms with Gasteiger partial charge in [0, 0.05) is 0 Å². The highest BCUT2D eigenvalue weighted by atomic mass is 14.2. The molecule has 0 spiro atoms. The minimum Gasteiger partial charge on any atom is -0.0654 e. The molecule has 26 heavy (non-hydrogen) atoms. The molecule has 0 radical (unpaired) electrons. The van der Waals surface area contributed by atoms with Crippen LogP contribution in [0.2, 0.25) is 0 Å². The molecule has 0 aliphatic heterocycles. The highest BCUT2D eigenvalue weighted by molar-refractivity contribution is 5.29. The van der Waals surface area contributed by atoms with Crippen molar-refractivity contribution in [1.29, 1.82) is 0 Å².